The molecule has 3 aromatic rings. The molecular weight excluding hydrogens is 264 g/mol. The number of anilines is 1. The van der Waals surface area contributed by atoms with Crippen LogP contribution in [0.5, 0.6) is 0 Å². The van der Waals surface area contributed by atoms with Crippen LogP contribution in [-0.2, 0) is 24.5 Å². The van der Waals surface area contributed by atoms with E-state index >= 15 is 0 Å². The predicted octanol–water partition coefficient (Wildman–Crippen LogP) is 2.67. The molecule has 2 heterocycles. The van der Waals surface area contributed by atoms with Crippen LogP contribution < -0.4 is 5.32 Å². The van der Waals surface area contributed by atoms with E-state index in [1.54, 1.807) is 0 Å². The minimum atomic E-state index is 0.547. The second kappa shape index (κ2) is 5.10. The Bertz CT molecular complexity index is 803. The largest absolute Gasteiger partial charge is 0.372 e. The first-order valence-electron chi connectivity index (χ1n) is 6.90. The van der Waals surface area contributed by atoms with Crippen LogP contribution in [0.3, 0.4) is 0 Å². The average Bonchev–Trinajstić information content (AvgIpc) is 3.00. The molecular formula is C16H14N4O. The number of aromatic nitrogens is 3. The fourth-order valence-electron chi connectivity index (χ4n) is 2.47. The van der Waals surface area contributed by atoms with Crippen molar-refractivity contribution in [2.45, 2.75) is 19.8 Å². The molecule has 0 fully saturated rings. The molecule has 0 aliphatic carbocycles. The summed E-state index contributed by atoms with van der Waals surface area (Å²) in [5.74, 6) is 0.547. The lowest BCUT2D eigenvalue weighted by atomic mass is 10.1. The molecule has 0 spiro atoms. The van der Waals surface area contributed by atoms with Crippen molar-refractivity contribution in [1.82, 2.24) is 15.2 Å². The molecule has 0 bridgehead atoms. The fourth-order valence-corrected chi connectivity index (χ4v) is 2.47. The summed E-state index contributed by atoms with van der Waals surface area (Å²) in [7, 11) is 0. The van der Waals surface area contributed by atoms with Gasteiger partial charge < -0.3 is 10.1 Å². The number of hydrogen-bond donors (Lipinski definition) is 1. The zero-order chi connectivity index (χ0) is 14.1. The van der Waals surface area contributed by atoms with Gasteiger partial charge in [0, 0.05) is 6.54 Å². The van der Waals surface area contributed by atoms with E-state index in [-0.39, 0.29) is 0 Å². The van der Waals surface area contributed by atoms with Crippen molar-refractivity contribution in [3.63, 3.8) is 0 Å². The summed E-state index contributed by atoms with van der Waals surface area (Å²) in [6, 6.07) is 14.1. The maximum Gasteiger partial charge on any atom is 0.243 e. The molecule has 104 valence electrons. The third-order valence-electron chi connectivity index (χ3n) is 3.60. The van der Waals surface area contributed by atoms with Crippen molar-refractivity contribution in [1.29, 1.82) is 0 Å². The minimum Gasteiger partial charge on any atom is -0.372 e. The molecule has 0 radical (unpaired) electrons. The third-order valence-corrected chi connectivity index (χ3v) is 3.60. The van der Waals surface area contributed by atoms with Crippen molar-refractivity contribution in [2.24, 2.45) is 0 Å². The number of fused-ring (bicyclic) bond motifs is 2. The molecule has 5 heteroatoms. The summed E-state index contributed by atoms with van der Waals surface area (Å²) in [4.78, 5) is 4.45. The summed E-state index contributed by atoms with van der Waals surface area (Å²) in [6.07, 6.45) is 0. The molecule has 1 N–H and O–H groups in total. The fraction of sp³-hybridized carbons (Fsp3) is 0.188. The normalized spacial score (nSPS) is 13.3. The first-order valence-corrected chi connectivity index (χ1v) is 6.90. The van der Waals surface area contributed by atoms with Crippen molar-refractivity contribution in [2.75, 3.05) is 5.32 Å². The molecule has 0 saturated carbocycles. The quantitative estimate of drug-likeness (QED) is 0.798. The second-order valence-electron chi connectivity index (χ2n) is 5.07. The van der Waals surface area contributed by atoms with Gasteiger partial charge in [0.2, 0.25) is 5.95 Å². The molecule has 1 aromatic heterocycles. The van der Waals surface area contributed by atoms with Gasteiger partial charge in [-0.15, -0.1) is 10.2 Å². The van der Waals surface area contributed by atoms with Crippen LogP contribution in [0.25, 0.3) is 11.0 Å². The van der Waals surface area contributed by atoms with Crippen LogP contribution in [0.2, 0.25) is 0 Å². The Labute approximate surface area is 122 Å². The lowest BCUT2D eigenvalue weighted by Gasteiger charge is -2.06. The summed E-state index contributed by atoms with van der Waals surface area (Å²) >= 11 is 0. The van der Waals surface area contributed by atoms with Gasteiger partial charge in [-0.25, -0.2) is 4.98 Å². The summed E-state index contributed by atoms with van der Waals surface area (Å²) in [5.41, 5.74) is 5.39. The first-order chi connectivity index (χ1) is 10.4. The van der Waals surface area contributed by atoms with Crippen molar-refractivity contribution in [3.8, 4) is 0 Å². The van der Waals surface area contributed by atoms with E-state index in [2.05, 4.69) is 38.7 Å². The zero-order valence-electron chi connectivity index (χ0n) is 11.4. The molecule has 0 saturated heterocycles. The van der Waals surface area contributed by atoms with Crippen LogP contribution in [0.1, 0.15) is 16.7 Å². The Morgan fingerprint density at radius 3 is 2.76 bits per heavy atom. The highest BCUT2D eigenvalue weighted by Crippen LogP contribution is 2.21. The van der Waals surface area contributed by atoms with Gasteiger partial charge in [0.05, 0.1) is 18.7 Å². The highest BCUT2D eigenvalue weighted by molar-refractivity contribution is 5.74. The van der Waals surface area contributed by atoms with Crippen LogP contribution in [0, 0.1) is 0 Å². The Kier molecular flexibility index (Phi) is 2.97. The Hall–Kier alpha value is -2.53. The van der Waals surface area contributed by atoms with Crippen LogP contribution in [0.4, 0.5) is 5.95 Å². The van der Waals surface area contributed by atoms with Gasteiger partial charge in [-0.3, -0.25) is 0 Å². The smallest absolute Gasteiger partial charge is 0.243 e. The van der Waals surface area contributed by atoms with Gasteiger partial charge in [0.1, 0.15) is 5.52 Å². The summed E-state index contributed by atoms with van der Waals surface area (Å²) < 4.78 is 5.43. The molecule has 1 aliphatic rings. The van der Waals surface area contributed by atoms with Gasteiger partial charge in [-0.1, -0.05) is 30.3 Å². The lowest BCUT2D eigenvalue weighted by molar-refractivity contribution is 0.134. The zero-order valence-corrected chi connectivity index (χ0v) is 11.4. The van der Waals surface area contributed by atoms with E-state index in [0.717, 1.165) is 17.6 Å². The number of rotatable bonds is 3. The summed E-state index contributed by atoms with van der Waals surface area (Å²) in [5, 5.41) is 11.5. The van der Waals surface area contributed by atoms with Gasteiger partial charge in [-0.2, -0.15) is 0 Å². The van der Waals surface area contributed by atoms with Gasteiger partial charge in [-0.05, 0) is 28.8 Å². The Morgan fingerprint density at radius 2 is 1.81 bits per heavy atom. The number of ether oxygens (including phenoxy) is 1. The number of nitrogens with one attached hydrogen (secondary N) is 1. The molecule has 4 rings (SSSR count). The van der Waals surface area contributed by atoms with Crippen LogP contribution in [-0.4, -0.2) is 15.2 Å². The van der Waals surface area contributed by atoms with Crippen LogP contribution >= 0.6 is 0 Å². The maximum atomic E-state index is 5.43. The third kappa shape index (κ3) is 2.43. The maximum absolute atomic E-state index is 5.43. The molecule has 0 atom stereocenters. The van der Waals surface area contributed by atoms with E-state index in [1.807, 2.05) is 24.3 Å². The number of hydrogen-bond acceptors (Lipinski definition) is 5. The lowest BCUT2D eigenvalue weighted by Crippen LogP contribution is -2.05. The highest BCUT2D eigenvalue weighted by Gasteiger charge is 2.11. The second-order valence-corrected chi connectivity index (χ2v) is 5.07. The SMILES string of the molecule is c1ccc2nc(NCc3ccc4c(c3)COC4)nnc2c1. The molecule has 2 aromatic carbocycles. The van der Waals surface area contributed by atoms with E-state index in [0.29, 0.717) is 19.1 Å². The monoisotopic (exact) mass is 278 g/mol. The minimum absolute atomic E-state index is 0.547. The number of para-hydroxylation sites is 1. The van der Waals surface area contributed by atoms with Crippen molar-refractivity contribution in [3.05, 3.63) is 59.2 Å². The molecule has 5 nitrogen and oxygen atoms in total. The Balaban J connectivity index is 1.52. The standard InChI is InChI=1S/C16H14N4O/c1-2-4-15-14(3-1)18-16(20-19-15)17-8-11-5-6-12-9-21-10-13(12)7-11/h1-7H,8-10H2,(H,17,18,20). The van der Waals surface area contributed by atoms with E-state index in [4.69, 9.17) is 4.74 Å². The van der Waals surface area contributed by atoms with Gasteiger partial charge in [0.25, 0.3) is 0 Å². The van der Waals surface area contributed by atoms with E-state index < -0.39 is 0 Å². The topological polar surface area (TPSA) is 59.9 Å². The highest BCUT2D eigenvalue weighted by atomic mass is 16.5. The van der Waals surface area contributed by atoms with Crippen molar-refractivity contribution < 1.29 is 4.74 Å². The molecule has 21 heavy (non-hydrogen) atoms. The predicted molar refractivity (Wildman–Crippen MR) is 79.6 cm³/mol. The first kappa shape index (κ1) is 12.2. The molecule has 0 unspecified atom stereocenters. The van der Waals surface area contributed by atoms with E-state index in [1.165, 1.54) is 16.7 Å². The molecule has 0 amide bonds. The molecule has 1 aliphatic heterocycles. The average molecular weight is 278 g/mol. The van der Waals surface area contributed by atoms with Crippen LogP contribution in [0.15, 0.2) is 42.5 Å². The van der Waals surface area contributed by atoms with Crippen molar-refractivity contribution >= 4 is 17.0 Å². The summed E-state index contributed by atoms with van der Waals surface area (Å²) in [6.45, 7) is 2.10. The number of benzene rings is 2. The Morgan fingerprint density at radius 1 is 0.952 bits per heavy atom. The van der Waals surface area contributed by atoms with Gasteiger partial charge in [0.15, 0.2) is 0 Å². The van der Waals surface area contributed by atoms with Gasteiger partial charge >= 0.3 is 0 Å². The van der Waals surface area contributed by atoms with E-state index in [9.17, 15) is 0 Å². The number of nitrogens with zero attached hydrogens (tertiary/aromatic N) is 3.